The van der Waals surface area contributed by atoms with E-state index in [1.54, 1.807) is 12.3 Å². The quantitative estimate of drug-likeness (QED) is 0.813. The Hall–Kier alpha value is -0.910. The molecule has 84 valence electrons. The van der Waals surface area contributed by atoms with Crippen LogP contribution in [-0.4, -0.2) is 22.8 Å². The van der Waals surface area contributed by atoms with E-state index in [-0.39, 0.29) is 24.1 Å². The van der Waals surface area contributed by atoms with Crippen LogP contribution in [0.2, 0.25) is 0 Å². The molecule has 0 aliphatic carbocycles. The SMILES string of the molecule is Cc1ccnc(NCCSC(F)(F)F)c1. The van der Waals surface area contributed by atoms with Crippen molar-refractivity contribution in [3.05, 3.63) is 23.9 Å². The minimum absolute atomic E-state index is 0.0148. The monoisotopic (exact) mass is 236 g/mol. The van der Waals surface area contributed by atoms with Gasteiger partial charge in [-0.1, -0.05) is 0 Å². The molecule has 1 N–H and O–H groups in total. The molecule has 0 atom stereocenters. The number of pyridine rings is 1. The highest BCUT2D eigenvalue weighted by molar-refractivity contribution is 8.00. The van der Waals surface area contributed by atoms with E-state index in [2.05, 4.69) is 10.3 Å². The van der Waals surface area contributed by atoms with Crippen LogP contribution >= 0.6 is 11.8 Å². The second-order valence-electron chi connectivity index (χ2n) is 2.94. The lowest BCUT2D eigenvalue weighted by atomic mass is 10.3. The van der Waals surface area contributed by atoms with E-state index in [9.17, 15) is 13.2 Å². The Kier molecular flexibility index (Phi) is 4.26. The number of hydrogen-bond donors (Lipinski definition) is 1. The summed E-state index contributed by atoms with van der Waals surface area (Å²) in [4.78, 5) is 3.97. The second kappa shape index (κ2) is 5.25. The molecular formula is C9H11F3N2S. The number of hydrogen-bond acceptors (Lipinski definition) is 3. The third-order valence-electron chi connectivity index (χ3n) is 1.59. The Bertz CT molecular complexity index is 314. The predicted molar refractivity (Wildman–Crippen MR) is 56.0 cm³/mol. The molecule has 1 aromatic heterocycles. The van der Waals surface area contributed by atoms with Crippen molar-refractivity contribution in [1.29, 1.82) is 0 Å². The summed E-state index contributed by atoms with van der Waals surface area (Å²) in [6.45, 7) is 2.15. The third-order valence-corrected chi connectivity index (χ3v) is 2.32. The van der Waals surface area contributed by atoms with Gasteiger partial charge in [-0.3, -0.25) is 0 Å². The van der Waals surface area contributed by atoms with Crippen molar-refractivity contribution in [2.24, 2.45) is 0 Å². The summed E-state index contributed by atoms with van der Waals surface area (Å²) in [5.41, 5.74) is -3.13. The van der Waals surface area contributed by atoms with Gasteiger partial charge in [-0.2, -0.15) is 13.2 Å². The molecule has 1 aromatic rings. The molecule has 0 saturated heterocycles. The molecule has 15 heavy (non-hydrogen) atoms. The highest BCUT2D eigenvalue weighted by Crippen LogP contribution is 2.29. The first-order valence-electron chi connectivity index (χ1n) is 4.34. The highest BCUT2D eigenvalue weighted by Gasteiger charge is 2.27. The summed E-state index contributed by atoms with van der Waals surface area (Å²) >= 11 is -0.0333. The topological polar surface area (TPSA) is 24.9 Å². The van der Waals surface area contributed by atoms with Gasteiger partial charge in [0.2, 0.25) is 0 Å². The minimum atomic E-state index is -4.15. The molecule has 0 radical (unpaired) electrons. The molecule has 1 rings (SSSR count). The van der Waals surface area contributed by atoms with Gasteiger partial charge in [0, 0.05) is 18.5 Å². The summed E-state index contributed by atoms with van der Waals surface area (Å²) in [5.74, 6) is 0.594. The molecule has 0 bridgehead atoms. The number of anilines is 1. The van der Waals surface area contributed by atoms with Crippen molar-refractivity contribution in [2.45, 2.75) is 12.4 Å². The second-order valence-corrected chi connectivity index (χ2v) is 4.10. The maximum atomic E-state index is 11.8. The standard InChI is InChI=1S/C9H11F3N2S/c1-7-2-3-13-8(6-7)14-4-5-15-9(10,11)12/h2-3,6H,4-5H2,1H3,(H,13,14). The summed E-state index contributed by atoms with van der Waals surface area (Å²) in [6, 6.07) is 3.62. The van der Waals surface area contributed by atoms with Crippen LogP contribution in [0.5, 0.6) is 0 Å². The molecule has 0 amide bonds. The van der Waals surface area contributed by atoms with E-state index >= 15 is 0 Å². The fourth-order valence-electron chi connectivity index (χ4n) is 0.979. The molecule has 6 heteroatoms. The Morgan fingerprint density at radius 3 is 2.80 bits per heavy atom. The Morgan fingerprint density at radius 2 is 2.20 bits per heavy atom. The molecule has 0 aliphatic heterocycles. The van der Waals surface area contributed by atoms with E-state index in [1.165, 1.54) is 0 Å². The van der Waals surface area contributed by atoms with Crippen LogP contribution in [0.4, 0.5) is 19.0 Å². The van der Waals surface area contributed by atoms with Crippen LogP contribution < -0.4 is 5.32 Å². The Balaban J connectivity index is 2.26. The van der Waals surface area contributed by atoms with Crippen molar-refractivity contribution in [3.63, 3.8) is 0 Å². The van der Waals surface area contributed by atoms with Gasteiger partial charge < -0.3 is 5.32 Å². The van der Waals surface area contributed by atoms with E-state index in [4.69, 9.17) is 0 Å². The number of nitrogens with zero attached hydrogens (tertiary/aromatic N) is 1. The fraction of sp³-hybridized carbons (Fsp3) is 0.444. The predicted octanol–water partition coefficient (Wildman–Crippen LogP) is 3.05. The molecule has 0 aliphatic rings. The van der Waals surface area contributed by atoms with Gasteiger partial charge in [0.1, 0.15) is 5.82 Å². The molecule has 2 nitrogen and oxygen atoms in total. The van der Waals surface area contributed by atoms with E-state index in [0.29, 0.717) is 5.82 Å². The zero-order chi connectivity index (χ0) is 11.3. The fourth-order valence-corrected chi connectivity index (χ4v) is 1.41. The summed E-state index contributed by atoms with van der Waals surface area (Å²) in [7, 11) is 0. The normalized spacial score (nSPS) is 11.5. The maximum Gasteiger partial charge on any atom is 0.441 e. The van der Waals surface area contributed by atoms with Crippen molar-refractivity contribution in [2.75, 3.05) is 17.6 Å². The molecule has 0 fully saturated rings. The van der Waals surface area contributed by atoms with Crippen molar-refractivity contribution in [3.8, 4) is 0 Å². The number of aryl methyl sites for hydroxylation is 1. The van der Waals surface area contributed by atoms with Gasteiger partial charge in [-0.05, 0) is 36.4 Å². The van der Waals surface area contributed by atoms with Gasteiger partial charge in [0.15, 0.2) is 0 Å². The number of alkyl halides is 3. The van der Waals surface area contributed by atoms with Gasteiger partial charge in [0.25, 0.3) is 0 Å². The smallest absolute Gasteiger partial charge is 0.369 e. The van der Waals surface area contributed by atoms with Crippen LogP contribution in [0.15, 0.2) is 18.3 Å². The zero-order valence-corrected chi connectivity index (χ0v) is 8.95. The Morgan fingerprint density at radius 1 is 1.47 bits per heavy atom. The molecule has 0 spiro atoms. The van der Waals surface area contributed by atoms with E-state index in [0.717, 1.165) is 5.56 Å². The first-order valence-corrected chi connectivity index (χ1v) is 5.33. The van der Waals surface area contributed by atoms with Gasteiger partial charge in [-0.15, -0.1) is 0 Å². The zero-order valence-electron chi connectivity index (χ0n) is 8.14. The molecule has 0 unspecified atom stereocenters. The van der Waals surface area contributed by atoms with Crippen LogP contribution in [0.3, 0.4) is 0 Å². The van der Waals surface area contributed by atoms with E-state index in [1.807, 2.05) is 13.0 Å². The maximum absolute atomic E-state index is 11.8. The minimum Gasteiger partial charge on any atom is -0.369 e. The van der Waals surface area contributed by atoms with Gasteiger partial charge in [0.05, 0.1) is 0 Å². The molecular weight excluding hydrogens is 225 g/mol. The van der Waals surface area contributed by atoms with Crippen molar-refractivity contribution >= 4 is 17.6 Å². The Labute approximate surface area is 90.3 Å². The summed E-state index contributed by atoms with van der Waals surface area (Å²) in [5, 5.41) is 2.83. The number of halogens is 3. The van der Waals surface area contributed by atoms with Crippen LogP contribution in [0.25, 0.3) is 0 Å². The molecule has 1 heterocycles. The van der Waals surface area contributed by atoms with E-state index < -0.39 is 5.51 Å². The lowest BCUT2D eigenvalue weighted by Crippen LogP contribution is -2.10. The van der Waals surface area contributed by atoms with Crippen LogP contribution in [0.1, 0.15) is 5.56 Å². The molecule has 0 saturated carbocycles. The number of thioether (sulfide) groups is 1. The third kappa shape index (κ3) is 5.51. The lowest BCUT2D eigenvalue weighted by molar-refractivity contribution is -0.0327. The average molecular weight is 236 g/mol. The first kappa shape index (κ1) is 12.2. The summed E-state index contributed by atoms with van der Waals surface area (Å²) < 4.78 is 35.3. The van der Waals surface area contributed by atoms with Crippen LogP contribution in [-0.2, 0) is 0 Å². The summed E-state index contributed by atoms with van der Waals surface area (Å²) in [6.07, 6.45) is 1.62. The molecule has 0 aromatic carbocycles. The first-order chi connectivity index (χ1) is 6.97. The lowest BCUT2D eigenvalue weighted by Gasteiger charge is -2.07. The average Bonchev–Trinajstić information content (AvgIpc) is 2.11. The van der Waals surface area contributed by atoms with Crippen LogP contribution in [0, 0.1) is 6.92 Å². The highest BCUT2D eigenvalue weighted by atomic mass is 32.2. The van der Waals surface area contributed by atoms with Gasteiger partial charge in [-0.25, -0.2) is 4.98 Å². The van der Waals surface area contributed by atoms with Crippen molar-refractivity contribution in [1.82, 2.24) is 4.98 Å². The number of aromatic nitrogens is 1. The van der Waals surface area contributed by atoms with Gasteiger partial charge >= 0.3 is 5.51 Å². The largest absolute Gasteiger partial charge is 0.441 e. The van der Waals surface area contributed by atoms with Crippen molar-refractivity contribution < 1.29 is 13.2 Å². The number of nitrogens with one attached hydrogen (secondary N) is 1. The number of rotatable bonds is 4.